The first-order chi connectivity index (χ1) is 15.0. The van der Waals surface area contributed by atoms with Crippen LogP contribution in [-0.4, -0.2) is 9.13 Å². The second-order valence-corrected chi connectivity index (χ2v) is 8.43. The van der Waals surface area contributed by atoms with Gasteiger partial charge in [0.2, 0.25) is 0 Å². The molecule has 4 nitrogen and oxygen atoms in total. The molecule has 0 radical (unpaired) electrons. The molecule has 0 saturated heterocycles. The van der Waals surface area contributed by atoms with Crippen molar-refractivity contribution in [2.24, 2.45) is 0 Å². The van der Waals surface area contributed by atoms with Crippen LogP contribution in [0.4, 0.5) is 8.78 Å². The SMILES string of the molecule is O=c1c2sc3ccccc3c2n(Cc2ccccc2F)c(=O)n1-c1ccc(F)c(Cl)c1. The van der Waals surface area contributed by atoms with Crippen molar-refractivity contribution in [2.75, 3.05) is 0 Å². The zero-order chi connectivity index (χ0) is 21.7. The van der Waals surface area contributed by atoms with Gasteiger partial charge in [0.15, 0.2) is 0 Å². The maximum atomic E-state index is 14.4. The molecule has 3 aromatic carbocycles. The van der Waals surface area contributed by atoms with E-state index in [-0.39, 0.29) is 17.3 Å². The van der Waals surface area contributed by atoms with Gasteiger partial charge in [0.05, 0.1) is 22.8 Å². The fourth-order valence-electron chi connectivity index (χ4n) is 3.65. The van der Waals surface area contributed by atoms with Crippen molar-refractivity contribution >= 4 is 43.2 Å². The molecule has 0 fully saturated rings. The minimum Gasteiger partial charge on any atom is -0.287 e. The summed E-state index contributed by atoms with van der Waals surface area (Å²) in [6, 6.07) is 17.1. The number of halogens is 3. The molecule has 8 heteroatoms. The highest BCUT2D eigenvalue weighted by atomic mass is 35.5. The van der Waals surface area contributed by atoms with E-state index >= 15 is 0 Å². The number of rotatable bonds is 3. The summed E-state index contributed by atoms with van der Waals surface area (Å²) in [5.74, 6) is -1.11. The van der Waals surface area contributed by atoms with Crippen molar-refractivity contribution in [1.29, 1.82) is 0 Å². The average molecular weight is 455 g/mol. The molecule has 154 valence electrons. The molecule has 0 N–H and O–H groups in total. The van der Waals surface area contributed by atoms with E-state index in [0.29, 0.717) is 15.8 Å². The van der Waals surface area contributed by atoms with Gasteiger partial charge in [-0.05, 0) is 30.3 Å². The summed E-state index contributed by atoms with van der Waals surface area (Å²) in [5, 5.41) is 0.526. The number of benzene rings is 3. The number of fused-ring (bicyclic) bond motifs is 3. The van der Waals surface area contributed by atoms with Crippen molar-refractivity contribution in [1.82, 2.24) is 9.13 Å². The number of hydrogen-bond acceptors (Lipinski definition) is 3. The van der Waals surface area contributed by atoms with Gasteiger partial charge in [-0.15, -0.1) is 11.3 Å². The Bertz CT molecular complexity index is 1600. The first-order valence-electron chi connectivity index (χ1n) is 9.31. The molecule has 0 aliphatic heterocycles. The third kappa shape index (κ3) is 3.17. The zero-order valence-corrected chi connectivity index (χ0v) is 17.4. The fraction of sp³-hybridized carbons (Fsp3) is 0.0435. The molecule has 0 aliphatic carbocycles. The van der Waals surface area contributed by atoms with Crippen LogP contribution in [0.3, 0.4) is 0 Å². The van der Waals surface area contributed by atoms with Crippen molar-refractivity contribution in [3.63, 3.8) is 0 Å². The second kappa shape index (κ2) is 7.44. The van der Waals surface area contributed by atoms with Gasteiger partial charge in [0.1, 0.15) is 16.3 Å². The number of nitrogens with zero attached hydrogens (tertiary/aromatic N) is 2. The molecule has 0 amide bonds. The Hall–Kier alpha value is -3.29. The summed E-state index contributed by atoms with van der Waals surface area (Å²) in [7, 11) is 0. The van der Waals surface area contributed by atoms with E-state index in [1.54, 1.807) is 18.2 Å². The van der Waals surface area contributed by atoms with Gasteiger partial charge < -0.3 is 0 Å². The highest BCUT2D eigenvalue weighted by Gasteiger charge is 2.20. The van der Waals surface area contributed by atoms with Crippen molar-refractivity contribution < 1.29 is 8.78 Å². The molecule has 0 aliphatic rings. The topological polar surface area (TPSA) is 44.0 Å². The quantitative estimate of drug-likeness (QED) is 0.369. The molecule has 5 rings (SSSR count). The van der Waals surface area contributed by atoms with E-state index in [4.69, 9.17) is 11.6 Å². The lowest BCUT2D eigenvalue weighted by Gasteiger charge is -2.13. The van der Waals surface area contributed by atoms with Crippen LogP contribution in [0.1, 0.15) is 5.56 Å². The summed E-state index contributed by atoms with van der Waals surface area (Å²) in [6.07, 6.45) is 0. The van der Waals surface area contributed by atoms with Crippen molar-refractivity contribution in [3.8, 4) is 5.69 Å². The number of aromatic nitrogens is 2. The predicted molar refractivity (Wildman–Crippen MR) is 120 cm³/mol. The van der Waals surface area contributed by atoms with Crippen LogP contribution >= 0.6 is 22.9 Å². The zero-order valence-electron chi connectivity index (χ0n) is 15.8. The maximum absolute atomic E-state index is 14.4. The van der Waals surface area contributed by atoms with Gasteiger partial charge in [-0.1, -0.05) is 48.0 Å². The Kier molecular flexibility index (Phi) is 4.72. The summed E-state index contributed by atoms with van der Waals surface area (Å²) >= 11 is 7.14. The number of thiophene rings is 1. The van der Waals surface area contributed by atoms with Crippen LogP contribution < -0.4 is 11.2 Å². The van der Waals surface area contributed by atoms with Crippen LogP contribution in [0.25, 0.3) is 26.0 Å². The third-order valence-corrected chi connectivity index (χ3v) is 6.54. The summed E-state index contributed by atoms with van der Waals surface area (Å²) in [5.41, 5.74) is -0.296. The third-order valence-electron chi connectivity index (χ3n) is 5.11. The highest BCUT2D eigenvalue weighted by Crippen LogP contribution is 2.31. The standard InChI is InChI=1S/C23H13ClF2N2O2S/c24-16-11-14(9-10-18(16)26)28-22(29)21-20(15-6-2-4-8-19(15)31-21)27(23(28)30)12-13-5-1-3-7-17(13)25/h1-11H,12H2. The largest absolute Gasteiger partial charge is 0.336 e. The predicted octanol–water partition coefficient (Wildman–Crippen LogP) is 5.35. The van der Waals surface area contributed by atoms with Gasteiger partial charge >= 0.3 is 5.69 Å². The summed E-state index contributed by atoms with van der Waals surface area (Å²) < 4.78 is 31.6. The van der Waals surface area contributed by atoms with Crippen LogP contribution in [0.5, 0.6) is 0 Å². The minimum atomic E-state index is -0.660. The molecule has 0 unspecified atom stereocenters. The lowest BCUT2D eigenvalue weighted by molar-refractivity contribution is 0.594. The van der Waals surface area contributed by atoms with Crippen LogP contribution in [0, 0.1) is 11.6 Å². The van der Waals surface area contributed by atoms with Crippen molar-refractivity contribution in [2.45, 2.75) is 6.54 Å². The van der Waals surface area contributed by atoms with Gasteiger partial charge in [-0.2, -0.15) is 0 Å². The van der Waals surface area contributed by atoms with Crippen molar-refractivity contribution in [3.05, 3.63) is 110 Å². The minimum absolute atomic E-state index is 0.0715. The molecular formula is C23H13ClF2N2O2S. The molecule has 0 bridgehead atoms. The molecular weight excluding hydrogens is 442 g/mol. The Balaban J connectivity index is 1.91. The molecule has 2 aromatic heterocycles. The summed E-state index contributed by atoms with van der Waals surface area (Å²) in [4.78, 5) is 26.9. The Morgan fingerprint density at radius 3 is 2.42 bits per heavy atom. The molecule has 5 aromatic rings. The normalized spacial score (nSPS) is 11.5. The van der Waals surface area contributed by atoms with E-state index in [1.165, 1.54) is 34.1 Å². The fourth-order valence-corrected chi connectivity index (χ4v) is 4.96. The van der Waals surface area contributed by atoms with Crippen LogP contribution in [0.2, 0.25) is 5.02 Å². The highest BCUT2D eigenvalue weighted by molar-refractivity contribution is 7.25. The Morgan fingerprint density at radius 1 is 0.903 bits per heavy atom. The Morgan fingerprint density at radius 2 is 1.65 bits per heavy atom. The monoisotopic (exact) mass is 454 g/mol. The molecule has 0 saturated carbocycles. The maximum Gasteiger partial charge on any atom is 0.336 e. The van der Waals surface area contributed by atoms with Gasteiger partial charge in [-0.3, -0.25) is 9.36 Å². The second-order valence-electron chi connectivity index (χ2n) is 6.98. The van der Waals surface area contributed by atoms with E-state index in [0.717, 1.165) is 20.7 Å². The first-order valence-corrected chi connectivity index (χ1v) is 10.5. The average Bonchev–Trinajstić information content (AvgIpc) is 3.15. The van der Waals surface area contributed by atoms with E-state index < -0.39 is 22.9 Å². The smallest absolute Gasteiger partial charge is 0.287 e. The van der Waals surface area contributed by atoms with Crippen LogP contribution in [-0.2, 0) is 6.54 Å². The van der Waals surface area contributed by atoms with Gasteiger partial charge in [0.25, 0.3) is 5.56 Å². The van der Waals surface area contributed by atoms with Gasteiger partial charge in [0, 0.05) is 15.6 Å². The lowest BCUT2D eigenvalue weighted by atomic mass is 10.2. The van der Waals surface area contributed by atoms with Crippen LogP contribution in [0.15, 0.2) is 76.3 Å². The van der Waals surface area contributed by atoms with E-state index in [1.807, 2.05) is 24.3 Å². The number of hydrogen-bond donors (Lipinski definition) is 0. The summed E-state index contributed by atoms with van der Waals surface area (Å²) in [6.45, 7) is -0.0715. The van der Waals surface area contributed by atoms with Gasteiger partial charge in [-0.25, -0.2) is 18.1 Å². The molecule has 0 atom stereocenters. The lowest BCUT2D eigenvalue weighted by Crippen LogP contribution is -2.38. The Labute approximate surface area is 183 Å². The molecule has 31 heavy (non-hydrogen) atoms. The molecule has 0 spiro atoms. The first kappa shape index (κ1) is 19.7. The molecule has 2 heterocycles. The van der Waals surface area contributed by atoms with E-state index in [2.05, 4.69) is 0 Å². The van der Waals surface area contributed by atoms with E-state index in [9.17, 15) is 18.4 Å².